The minimum atomic E-state index is -0.661. The van der Waals surface area contributed by atoms with Gasteiger partial charge in [-0.15, -0.1) is 11.3 Å². The van der Waals surface area contributed by atoms with Gasteiger partial charge < -0.3 is 15.0 Å². The first-order valence-electron chi connectivity index (χ1n) is 6.62. The number of hydrogen-bond donors (Lipinski definition) is 2. The highest BCUT2D eigenvalue weighted by Crippen LogP contribution is 2.32. The summed E-state index contributed by atoms with van der Waals surface area (Å²) in [6.07, 6.45) is 0.559. The molecule has 0 aromatic carbocycles. The number of carbonyl (C=O) groups excluding carboxylic acids is 3. The molecule has 3 rings (SSSR count). The number of imide groups is 1. The van der Waals surface area contributed by atoms with Crippen molar-refractivity contribution < 1.29 is 19.1 Å². The molecule has 1 aromatic rings. The Morgan fingerprint density at radius 3 is 2.95 bits per heavy atom. The van der Waals surface area contributed by atoms with Gasteiger partial charge in [0.25, 0.3) is 5.91 Å². The summed E-state index contributed by atoms with van der Waals surface area (Å²) in [4.78, 5) is 37.4. The Labute approximate surface area is 125 Å². The average Bonchev–Trinajstić information content (AvgIpc) is 2.80. The Bertz CT molecular complexity index is 613. The molecule has 112 valence electrons. The Morgan fingerprint density at radius 2 is 2.24 bits per heavy atom. The van der Waals surface area contributed by atoms with Gasteiger partial charge in [-0.1, -0.05) is 0 Å². The molecule has 0 saturated carbocycles. The van der Waals surface area contributed by atoms with Crippen LogP contribution in [0.15, 0.2) is 5.38 Å². The molecule has 3 amide bonds. The summed E-state index contributed by atoms with van der Waals surface area (Å²) in [6, 6.07) is -0.661. The number of nitrogens with one attached hydrogen (secondary N) is 2. The van der Waals surface area contributed by atoms with E-state index in [1.165, 1.54) is 16.2 Å². The van der Waals surface area contributed by atoms with Gasteiger partial charge in [-0.05, 0) is 11.8 Å². The number of thiophene rings is 1. The Morgan fingerprint density at radius 1 is 1.43 bits per heavy atom. The molecule has 1 aromatic heterocycles. The maximum atomic E-state index is 12.8. The molecule has 3 heterocycles. The third kappa shape index (κ3) is 2.40. The van der Waals surface area contributed by atoms with Crippen LogP contribution in [0.5, 0.6) is 0 Å². The van der Waals surface area contributed by atoms with E-state index in [9.17, 15) is 14.4 Å². The van der Waals surface area contributed by atoms with E-state index in [0.29, 0.717) is 18.6 Å². The van der Waals surface area contributed by atoms with Crippen LogP contribution >= 0.6 is 11.3 Å². The maximum Gasteiger partial charge on any atom is 0.259 e. The monoisotopic (exact) mass is 309 g/mol. The van der Waals surface area contributed by atoms with Crippen LogP contribution in [0.25, 0.3) is 0 Å². The van der Waals surface area contributed by atoms with Gasteiger partial charge in [0.2, 0.25) is 11.8 Å². The second kappa shape index (κ2) is 5.45. The predicted octanol–water partition coefficient (Wildman–Crippen LogP) is 0.525. The fourth-order valence-corrected chi connectivity index (χ4v) is 3.49. The summed E-state index contributed by atoms with van der Waals surface area (Å²) in [5.41, 5.74) is 1.38. The number of fused-ring (bicyclic) bond motifs is 1. The molecule has 0 spiro atoms. The summed E-state index contributed by atoms with van der Waals surface area (Å²) in [5, 5.41) is 7.91. The van der Waals surface area contributed by atoms with Gasteiger partial charge in [-0.2, -0.15) is 0 Å². The van der Waals surface area contributed by atoms with Crippen molar-refractivity contribution in [2.75, 3.05) is 19.1 Å². The molecule has 1 fully saturated rings. The van der Waals surface area contributed by atoms with Gasteiger partial charge in [-0.25, -0.2) is 0 Å². The Kier molecular flexibility index (Phi) is 3.64. The molecule has 1 saturated heterocycles. The largest absolute Gasteiger partial charge is 0.379 e. The molecule has 2 aliphatic heterocycles. The number of nitrogens with zero attached hydrogens (tertiary/aromatic N) is 1. The van der Waals surface area contributed by atoms with E-state index in [1.54, 1.807) is 7.05 Å². The number of piperidine rings is 1. The lowest BCUT2D eigenvalue weighted by atomic mass is 10.0. The van der Waals surface area contributed by atoms with E-state index in [1.807, 2.05) is 5.38 Å². The highest BCUT2D eigenvalue weighted by atomic mass is 32.1. The fourth-order valence-electron chi connectivity index (χ4n) is 2.59. The van der Waals surface area contributed by atoms with E-state index in [4.69, 9.17) is 4.74 Å². The molecule has 0 bridgehead atoms. The third-order valence-corrected chi connectivity index (χ3v) is 4.69. The lowest BCUT2D eigenvalue weighted by Crippen LogP contribution is -2.54. The molecule has 8 heteroatoms. The van der Waals surface area contributed by atoms with Crippen LogP contribution in [0.4, 0.5) is 5.00 Å². The minimum Gasteiger partial charge on any atom is -0.379 e. The molecule has 0 radical (unpaired) electrons. The highest BCUT2D eigenvalue weighted by Gasteiger charge is 2.37. The van der Waals surface area contributed by atoms with Gasteiger partial charge in [0.15, 0.2) is 0 Å². The Hall–Kier alpha value is -1.93. The normalized spacial score (nSPS) is 22.6. The zero-order chi connectivity index (χ0) is 15.0. The number of ether oxygens (including phenoxy) is 1. The van der Waals surface area contributed by atoms with Gasteiger partial charge in [-0.3, -0.25) is 19.7 Å². The second-order valence-corrected chi connectivity index (χ2v) is 5.81. The quantitative estimate of drug-likeness (QED) is 0.778. The summed E-state index contributed by atoms with van der Waals surface area (Å²) in [5.74, 6) is -0.970. The standard InChI is InChI=1S/C13H15N3O4S/c1-14-12-10-7(5-21-12)4-20-6-16(13(10)19)8-2-3-9(17)15-11(8)18/h5,8,14H,2-4,6H2,1H3,(H,15,17,18). The van der Waals surface area contributed by atoms with Crippen LogP contribution in [-0.4, -0.2) is 42.4 Å². The third-order valence-electron chi connectivity index (χ3n) is 3.64. The minimum absolute atomic E-state index is 0.0492. The summed E-state index contributed by atoms with van der Waals surface area (Å²) < 4.78 is 5.51. The molecule has 0 aliphatic carbocycles. The van der Waals surface area contributed by atoms with E-state index in [0.717, 1.165) is 10.6 Å². The number of anilines is 1. The smallest absolute Gasteiger partial charge is 0.259 e. The molecule has 2 N–H and O–H groups in total. The second-order valence-electron chi connectivity index (χ2n) is 4.93. The van der Waals surface area contributed by atoms with Crippen molar-refractivity contribution in [1.29, 1.82) is 0 Å². The number of amides is 3. The van der Waals surface area contributed by atoms with Crippen molar-refractivity contribution in [2.45, 2.75) is 25.5 Å². The molecule has 7 nitrogen and oxygen atoms in total. The molecule has 1 atom stereocenters. The first-order chi connectivity index (χ1) is 10.1. The van der Waals surface area contributed by atoms with E-state index < -0.39 is 11.9 Å². The molecule has 2 aliphatic rings. The van der Waals surface area contributed by atoms with Crippen molar-refractivity contribution in [3.63, 3.8) is 0 Å². The maximum absolute atomic E-state index is 12.8. The molecule has 1 unspecified atom stereocenters. The van der Waals surface area contributed by atoms with Crippen molar-refractivity contribution in [2.24, 2.45) is 0 Å². The molecule has 21 heavy (non-hydrogen) atoms. The van der Waals surface area contributed by atoms with Crippen LogP contribution < -0.4 is 10.6 Å². The van der Waals surface area contributed by atoms with Crippen molar-refractivity contribution >= 4 is 34.1 Å². The number of carbonyl (C=O) groups is 3. The van der Waals surface area contributed by atoms with Gasteiger partial charge >= 0.3 is 0 Å². The van der Waals surface area contributed by atoms with Crippen LogP contribution in [0.2, 0.25) is 0 Å². The van der Waals surface area contributed by atoms with Gasteiger partial charge in [0, 0.05) is 19.0 Å². The average molecular weight is 309 g/mol. The lowest BCUT2D eigenvalue weighted by molar-refractivity contribution is -0.138. The highest BCUT2D eigenvalue weighted by molar-refractivity contribution is 7.14. The van der Waals surface area contributed by atoms with Crippen molar-refractivity contribution in [3.8, 4) is 0 Å². The van der Waals surface area contributed by atoms with E-state index >= 15 is 0 Å². The van der Waals surface area contributed by atoms with Gasteiger partial charge in [0.1, 0.15) is 17.8 Å². The van der Waals surface area contributed by atoms with Crippen LogP contribution in [-0.2, 0) is 20.9 Å². The topological polar surface area (TPSA) is 87.7 Å². The zero-order valence-corrected chi connectivity index (χ0v) is 12.3. The first kappa shape index (κ1) is 14.0. The first-order valence-corrected chi connectivity index (χ1v) is 7.50. The van der Waals surface area contributed by atoms with Crippen LogP contribution in [0.1, 0.15) is 28.8 Å². The number of rotatable bonds is 2. The lowest BCUT2D eigenvalue weighted by Gasteiger charge is -2.31. The van der Waals surface area contributed by atoms with E-state index in [2.05, 4.69) is 10.6 Å². The summed E-state index contributed by atoms with van der Waals surface area (Å²) in [7, 11) is 1.75. The SMILES string of the molecule is CNc1scc2c1C(=O)N(C1CCC(=O)NC1=O)COC2. The van der Waals surface area contributed by atoms with E-state index in [-0.39, 0.29) is 25.0 Å². The van der Waals surface area contributed by atoms with Crippen molar-refractivity contribution in [1.82, 2.24) is 10.2 Å². The summed E-state index contributed by atoms with van der Waals surface area (Å²) in [6.45, 7) is 0.386. The molecular formula is C13H15N3O4S. The predicted molar refractivity (Wildman–Crippen MR) is 75.9 cm³/mol. The van der Waals surface area contributed by atoms with Crippen LogP contribution in [0, 0.1) is 0 Å². The van der Waals surface area contributed by atoms with Gasteiger partial charge in [0.05, 0.1) is 12.2 Å². The number of hydrogen-bond acceptors (Lipinski definition) is 6. The Balaban J connectivity index is 1.92. The van der Waals surface area contributed by atoms with Crippen LogP contribution in [0.3, 0.4) is 0 Å². The molecular weight excluding hydrogens is 294 g/mol. The zero-order valence-electron chi connectivity index (χ0n) is 11.5. The fraction of sp³-hybridized carbons (Fsp3) is 0.462. The van der Waals surface area contributed by atoms with Crippen molar-refractivity contribution in [3.05, 3.63) is 16.5 Å². The summed E-state index contributed by atoms with van der Waals surface area (Å²) >= 11 is 1.43.